The van der Waals surface area contributed by atoms with E-state index in [1.54, 1.807) is 6.08 Å². The fourth-order valence-corrected chi connectivity index (χ4v) is 3.35. The molecule has 0 saturated carbocycles. The Kier molecular flexibility index (Phi) is 5.43. The molecule has 2 heterocycles. The van der Waals surface area contributed by atoms with Gasteiger partial charge in [0.05, 0.1) is 11.2 Å². The summed E-state index contributed by atoms with van der Waals surface area (Å²) in [6.45, 7) is 9.83. The molecule has 2 aromatic rings. The number of rotatable bonds is 5. The number of nitrogens with zero attached hydrogens (tertiary/aromatic N) is 2. The van der Waals surface area contributed by atoms with E-state index in [0.717, 1.165) is 49.1 Å². The van der Waals surface area contributed by atoms with Crippen molar-refractivity contribution in [1.82, 2.24) is 15.5 Å². The molecule has 2 N–H and O–H groups in total. The minimum atomic E-state index is -0.305. The highest BCUT2D eigenvalue weighted by Gasteiger charge is 2.16. The van der Waals surface area contributed by atoms with Crippen molar-refractivity contribution in [2.75, 3.05) is 13.1 Å². The second-order valence-electron chi connectivity index (χ2n) is 6.58. The van der Waals surface area contributed by atoms with Gasteiger partial charge in [-0.1, -0.05) is 12.7 Å². The molecule has 1 aromatic carbocycles. The predicted octanol–water partition coefficient (Wildman–Crippen LogP) is 4.39. The maximum absolute atomic E-state index is 14.6. The van der Waals surface area contributed by atoms with E-state index in [2.05, 4.69) is 22.1 Å². The number of aryl methyl sites for hydroxylation is 1. The topological polar surface area (TPSA) is 53.1 Å². The van der Waals surface area contributed by atoms with Crippen molar-refractivity contribution in [3.8, 4) is 0 Å². The lowest BCUT2D eigenvalue weighted by Crippen LogP contribution is -2.28. The van der Waals surface area contributed by atoms with Crippen LogP contribution in [0.3, 0.4) is 0 Å². The Bertz CT molecular complexity index is 826. The number of nitrogens with one attached hydrogen (secondary N) is 2. The molecule has 1 fully saturated rings. The Hall–Kier alpha value is -2.27. The first-order valence-electron chi connectivity index (χ1n) is 8.84. The summed E-state index contributed by atoms with van der Waals surface area (Å²) in [6, 6.07) is 3.29. The Balaban J connectivity index is 1.91. The van der Waals surface area contributed by atoms with Crippen LogP contribution in [0.4, 0.5) is 4.39 Å². The van der Waals surface area contributed by atoms with E-state index in [0.29, 0.717) is 22.7 Å². The van der Waals surface area contributed by atoms with Crippen LogP contribution in [0.25, 0.3) is 16.6 Å². The van der Waals surface area contributed by atoms with E-state index in [-0.39, 0.29) is 5.82 Å². The zero-order chi connectivity index (χ0) is 17.8. The molecular formula is C20H25FN4. The third-order valence-corrected chi connectivity index (χ3v) is 4.84. The number of hydrogen-bond acceptors (Lipinski definition) is 3. The number of fused-ring (bicyclic) bond motifs is 1. The number of hydrogen-bond donors (Lipinski definition) is 2. The third kappa shape index (κ3) is 3.87. The molecule has 0 atom stereocenters. The summed E-state index contributed by atoms with van der Waals surface area (Å²) in [7, 11) is 0. The van der Waals surface area contributed by atoms with Crippen LogP contribution in [0.1, 0.15) is 37.4 Å². The molecule has 4 nitrogen and oxygen atoms in total. The summed E-state index contributed by atoms with van der Waals surface area (Å²) in [5.74, 6) is 0.306. The van der Waals surface area contributed by atoms with Crippen LogP contribution in [0.2, 0.25) is 0 Å². The SMILES string of the molecule is C=CC(CC1CCNCC1)=N/C(=C\C)c1cc2c(C)[nH]nc2cc1F. The van der Waals surface area contributed by atoms with Crippen LogP contribution in [-0.4, -0.2) is 29.0 Å². The Labute approximate surface area is 147 Å². The lowest BCUT2D eigenvalue weighted by atomic mass is 9.92. The largest absolute Gasteiger partial charge is 0.317 e. The summed E-state index contributed by atoms with van der Waals surface area (Å²) in [5.41, 5.74) is 3.63. The minimum absolute atomic E-state index is 0.305. The summed E-state index contributed by atoms with van der Waals surface area (Å²) >= 11 is 0. The second kappa shape index (κ2) is 7.74. The molecule has 132 valence electrons. The van der Waals surface area contributed by atoms with Gasteiger partial charge in [-0.3, -0.25) is 10.1 Å². The number of halogens is 1. The van der Waals surface area contributed by atoms with E-state index in [4.69, 9.17) is 4.99 Å². The number of aromatic amines is 1. The van der Waals surface area contributed by atoms with E-state index in [9.17, 15) is 4.39 Å². The van der Waals surface area contributed by atoms with E-state index < -0.39 is 0 Å². The highest BCUT2D eigenvalue weighted by Crippen LogP contribution is 2.27. The van der Waals surface area contributed by atoms with Gasteiger partial charge in [0.15, 0.2) is 0 Å². The van der Waals surface area contributed by atoms with E-state index in [1.165, 1.54) is 6.07 Å². The smallest absolute Gasteiger partial charge is 0.134 e. The molecule has 0 bridgehead atoms. The monoisotopic (exact) mass is 340 g/mol. The van der Waals surface area contributed by atoms with Crippen LogP contribution in [0, 0.1) is 18.7 Å². The first-order chi connectivity index (χ1) is 12.1. The zero-order valence-corrected chi connectivity index (χ0v) is 14.9. The molecule has 0 spiro atoms. The van der Waals surface area contributed by atoms with Gasteiger partial charge in [0.25, 0.3) is 0 Å². The maximum atomic E-state index is 14.6. The van der Waals surface area contributed by atoms with Crippen LogP contribution < -0.4 is 5.32 Å². The molecule has 0 unspecified atom stereocenters. The van der Waals surface area contributed by atoms with Gasteiger partial charge in [-0.25, -0.2) is 4.39 Å². The number of aromatic nitrogens is 2. The van der Waals surface area contributed by atoms with Crippen molar-refractivity contribution in [2.24, 2.45) is 10.9 Å². The predicted molar refractivity (Wildman–Crippen MR) is 102 cm³/mol. The van der Waals surface area contributed by atoms with Crippen LogP contribution >= 0.6 is 0 Å². The van der Waals surface area contributed by atoms with Gasteiger partial charge in [-0.2, -0.15) is 5.10 Å². The summed E-state index contributed by atoms with van der Waals surface area (Å²) in [6.07, 6.45) is 6.83. The fraction of sp³-hybridized carbons (Fsp3) is 0.400. The first kappa shape index (κ1) is 17.5. The normalized spacial score (nSPS) is 17.2. The van der Waals surface area contributed by atoms with Gasteiger partial charge in [-0.15, -0.1) is 0 Å². The molecule has 0 radical (unpaired) electrons. The fourth-order valence-electron chi connectivity index (χ4n) is 3.35. The van der Waals surface area contributed by atoms with Crippen molar-refractivity contribution >= 4 is 22.3 Å². The summed E-state index contributed by atoms with van der Waals surface area (Å²) in [4.78, 5) is 4.73. The molecule has 1 aliphatic heterocycles. The Morgan fingerprint density at radius 2 is 2.16 bits per heavy atom. The molecule has 1 aromatic heterocycles. The molecule has 1 aliphatic rings. The molecule has 0 aliphatic carbocycles. The van der Waals surface area contributed by atoms with Crippen molar-refractivity contribution < 1.29 is 4.39 Å². The second-order valence-corrected chi connectivity index (χ2v) is 6.58. The quantitative estimate of drug-likeness (QED) is 0.793. The molecule has 0 amide bonds. The van der Waals surface area contributed by atoms with Crippen molar-refractivity contribution in [3.63, 3.8) is 0 Å². The Morgan fingerprint density at radius 3 is 2.84 bits per heavy atom. The van der Waals surface area contributed by atoms with Crippen molar-refractivity contribution in [2.45, 2.75) is 33.1 Å². The number of piperidine rings is 1. The van der Waals surface area contributed by atoms with Gasteiger partial charge >= 0.3 is 0 Å². The molecule has 5 heteroatoms. The minimum Gasteiger partial charge on any atom is -0.317 e. The lowest BCUT2D eigenvalue weighted by molar-refractivity contribution is 0.385. The van der Waals surface area contributed by atoms with Crippen LogP contribution in [0.15, 0.2) is 35.9 Å². The van der Waals surface area contributed by atoms with Crippen molar-refractivity contribution in [3.05, 3.63) is 47.9 Å². The highest BCUT2D eigenvalue weighted by atomic mass is 19.1. The number of benzene rings is 1. The number of aliphatic imine (C=N–C) groups is 1. The lowest BCUT2D eigenvalue weighted by Gasteiger charge is -2.22. The molecule has 3 rings (SSSR count). The van der Waals surface area contributed by atoms with Gasteiger partial charge < -0.3 is 5.32 Å². The van der Waals surface area contributed by atoms with Gasteiger partial charge in [-0.05, 0) is 64.3 Å². The first-order valence-corrected chi connectivity index (χ1v) is 8.84. The van der Waals surface area contributed by atoms with Gasteiger partial charge in [0.1, 0.15) is 5.82 Å². The average Bonchev–Trinajstić information content (AvgIpc) is 2.99. The maximum Gasteiger partial charge on any atom is 0.134 e. The number of allylic oxidation sites excluding steroid dienone is 2. The highest BCUT2D eigenvalue weighted by molar-refractivity contribution is 5.98. The van der Waals surface area contributed by atoms with Gasteiger partial charge in [0, 0.05) is 28.4 Å². The molecule has 25 heavy (non-hydrogen) atoms. The van der Waals surface area contributed by atoms with E-state index >= 15 is 0 Å². The summed E-state index contributed by atoms with van der Waals surface area (Å²) < 4.78 is 14.6. The Morgan fingerprint density at radius 1 is 1.40 bits per heavy atom. The zero-order valence-electron chi connectivity index (χ0n) is 14.9. The van der Waals surface area contributed by atoms with Crippen LogP contribution in [0.5, 0.6) is 0 Å². The third-order valence-electron chi connectivity index (χ3n) is 4.84. The van der Waals surface area contributed by atoms with E-state index in [1.807, 2.05) is 26.0 Å². The standard InChI is InChI=1S/C20H25FN4/c1-4-15(10-14-6-8-22-9-7-14)23-19(5-2)17-11-16-13(3)24-25-20(16)12-18(17)21/h4-5,11-12,14,22H,1,6-10H2,2-3H3,(H,24,25)/b19-5-,23-15?. The summed E-state index contributed by atoms with van der Waals surface area (Å²) in [5, 5.41) is 11.3. The van der Waals surface area contributed by atoms with Crippen LogP contribution in [-0.2, 0) is 0 Å². The van der Waals surface area contributed by atoms with Crippen molar-refractivity contribution in [1.29, 1.82) is 0 Å². The van der Waals surface area contributed by atoms with Gasteiger partial charge in [0.2, 0.25) is 0 Å². The number of H-pyrrole nitrogens is 1. The average molecular weight is 340 g/mol. The molecular weight excluding hydrogens is 315 g/mol. The molecule has 1 saturated heterocycles.